The van der Waals surface area contributed by atoms with Crippen molar-refractivity contribution in [3.05, 3.63) is 106 Å². The minimum Gasteiger partial charge on any atom is -0.292 e. The number of aryl methyl sites for hydroxylation is 2. The van der Waals surface area contributed by atoms with Crippen LogP contribution < -0.4 is 0 Å². The molecular formula is C33H45N. The van der Waals surface area contributed by atoms with Crippen molar-refractivity contribution in [2.24, 2.45) is 0 Å². The number of fused-ring (bicyclic) bond motifs is 1. The molecule has 4 rings (SSSR count). The van der Waals surface area contributed by atoms with Crippen molar-refractivity contribution in [2.45, 2.75) is 91.6 Å². The molecule has 0 saturated heterocycles. The summed E-state index contributed by atoms with van der Waals surface area (Å²) >= 11 is 0. The average Bonchev–Trinajstić information content (AvgIpc) is 2.84. The van der Waals surface area contributed by atoms with E-state index in [9.17, 15) is 0 Å². The summed E-state index contributed by atoms with van der Waals surface area (Å²) in [6, 6.07) is 14.7. The second kappa shape index (κ2) is 11.8. The Morgan fingerprint density at radius 2 is 1.85 bits per heavy atom. The molecule has 1 aliphatic heterocycles. The highest BCUT2D eigenvalue weighted by atomic mass is 15.2. The van der Waals surface area contributed by atoms with E-state index in [1.54, 1.807) is 5.56 Å². The quantitative estimate of drug-likeness (QED) is 0.396. The summed E-state index contributed by atoms with van der Waals surface area (Å²) in [5.74, 6) is 0. The Kier molecular flexibility index (Phi) is 9.14. The number of hydrogen-bond donors (Lipinski definition) is 0. The topological polar surface area (TPSA) is 3.24 Å². The molecular weight excluding hydrogens is 410 g/mol. The SMILES string of the molecule is C=CCCc1ccc(CC2=CC(N3CCc4cc(C(C)(C)C)ccc4C3)CC=C2)cc1C.CC. The molecule has 0 aromatic heterocycles. The molecule has 1 aliphatic carbocycles. The summed E-state index contributed by atoms with van der Waals surface area (Å²) in [7, 11) is 0. The first kappa shape index (κ1) is 26.2. The summed E-state index contributed by atoms with van der Waals surface area (Å²) in [6.45, 7) is 19.2. The highest BCUT2D eigenvalue weighted by molar-refractivity contribution is 5.39. The second-order valence-corrected chi connectivity index (χ2v) is 10.7. The molecule has 0 bridgehead atoms. The summed E-state index contributed by atoms with van der Waals surface area (Å²) < 4.78 is 0. The Bertz CT molecular complexity index is 1030. The normalized spacial score (nSPS) is 17.9. The molecule has 1 atom stereocenters. The first-order valence-electron chi connectivity index (χ1n) is 13.3. The molecule has 34 heavy (non-hydrogen) atoms. The molecule has 2 aromatic rings. The zero-order chi connectivity index (χ0) is 24.7. The lowest BCUT2D eigenvalue weighted by Gasteiger charge is -2.36. The molecule has 0 radical (unpaired) electrons. The van der Waals surface area contributed by atoms with E-state index in [1.807, 2.05) is 19.9 Å². The van der Waals surface area contributed by atoms with Gasteiger partial charge in [0.15, 0.2) is 0 Å². The maximum absolute atomic E-state index is 3.85. The van der Waals surface area contributed by atoms with Crippen molar-refractivity contribution in [3.8, 4) is 0 Å². The first-order chi connectivity index (χ1) is 16.3. The van der Waals surface area contributed by atoms with Gasteiger partial charge in [0.1, 0.15) is 0 Å². The lowest BCUT2D eigenvalue weighted by atomic mass is 9.83. The van der Waals surface area contributed by atoms with Gasteiger partial charge in [-0.2, -0.15) is 0 Å². The van der Waals surface area contributed by atoms with Gasteiger partial charge in [-0.25, -0.2) is 0 Å². The van der Waals surface area contributed by atoms with Crippen molar-refractivity contribution >= 4 is 0 Å². The van der Waals surface area contributed by atoms with Gasteiger partial charge in [0.25, 0.3) is 0 Å². The van der Waals surface area contributed by atoms with Crippen LogP contribution in [-0.4, -0.2) is 17.5 Å². The Balaban J connectivity index is 0.00000158. The van der Waals surface area contributed by atoms with Gasteiger partial charge in [-0.1, -0.05) is 95.3 Å². The minimum absolute atomic E-state index is 0.222. The van der Waals surface area contributed by atoms with E-state index >= 15 is 0 Å². The summed E-state index contributed by atoms with van der Waals surface area (Å²) in [4.78, 5) is 2.67. The number of rotatable bonds is 6. The molecule has 0 spiro atoms. The summed E-state index contributed by atoms with van der Waals surface area (Å²) in [5.41, 5.74) is 10.5. The highest BCUT2D eigenvalue weighted by Crippen LogP contribution is 2.30. The van der Waals surface area contributed by atoms with E-state index in [0.29, 0.717) is 6.04 Å². The molecule has 0 saturated carbocycles. The van der Waals surface area contributed by atoms with Crippen LogP contribution in [0.2, 0.25) is 0 Å². The molecule has 1 heterocycles. The van der Waals surface area contributed by atoms with E-state index in [2.05, 4.69) is 93.8 Å². The van der Waals surface area contributed by atoms with Crippen molar-refractivity contribution in [1.82, 2.24) is 4.90 Å². The summed E-state index contributed by atoms with van der Waals surface area (Å²) in [5, 5.41) is 0. The molecule has 1 unspecified atom stereocenters. The Morgan fingerprint density at radius 1 is 1.06 bits per heavy atom. The van der Waals surface area contributed by atoms with Crippen molar-refractivity contribution in [3.63, 3.8) is 0 Å². The van der Waals surface area contributed by atoms with E-state index in [4.69, 9.17) is 0 Å². The second-order valence-electron chi connectivity index (χ2n) is 10.7. The summed E-state index contributed by atoms with van der Waals surface area (Å²) in [6.07, 6.45) is 14.7. The molecule has 0 N–H and O–H groups in total. The van der Waals surface area contributed by atoms with Crippen LogP contribution in [-0.2, 0) is 31.2 Å². The minimum atomic E-state index is 0.222. The third kappa shape index (κ3) is 6.60. The standard InChI is InChI=1S/C31H39N.C2H6/c1-6-7-10-26-13-12-25(18-23(26)2)19-24-9-8-11-30(20-24)32-17-16-27-21-29(31(3,4)5)15-14-28(27)22-32;1-2/h6,8-9,12-15,18,20-21,30H,1,7,10-11,16-17,19,22H2,2-5H3;1-2H3. The Hall–Kier alpha value is -2.38. The predicted octanol–water partition coefficient (Wildman–Crippen LogP) is 8.29. The zero-order valence-electron chi connectivity index (χ0n) is 22.5. The molecule has 1 nitrogen and oxygen atoms in total. The predicted molar refractivity (Wildman–Crippen MR) is 150 cm³/mol. The first-order valence-corrected chi connectivity index (χ1v) is 13.3. The van der Waals surface area contributed by atoms with Crippen LogP contribution in [0.1, 0.15) is 80.8 Å². The zero-order valence-corrected chi connectivity index (χ0v) is 22.5. The molecule has 0 fully saturated rings. The van der Waals surface area contributed by atoms with E-state index in [0.717, 1.165) is 45.2 Å². The maximum Gasteiger partial charge on any atom is 0.0322 e. The molecule has 182 valence electrons. The lowest BCUT2D eigenvalue weighted by Crippen LogP contribution is -2.39. The Labute approximate surface area is 209 Å². The van der Waals surface area contributed by atoms with Crippen LogP contribution in [0.3, 0.4) is 0 Å². The molecule has 2 aromatic carbocycles. The lowest BCUT2D eigenvalue weighted by molar-refractivity contribution is 0.209. The van der Waals surface area contributed by atoms with Gasteiger partial charge in [0.2, 0.25) is 0 Å². The van der Waals surface area contributed by atoms with E-state index < -0.39 is 0 Å². The largest absolute Gasteiger partial charge is 0.292 e. The van der Waals surface area contributed by atoms with Crippen molar-refractivity contribution in [1.29, 1.82) is 0 Å². The monoisotopic (exact) mass is 455 g/mol. The van der Waals surface area contributed by atoms with Gasteiger partial charge in [0, 0.05) is 19.1 Å². The van der Waals surface area contributed by atoms with E-state index in [1.165, 1.54) is 33.4 Å². The molecule has 0 amide bonds. The van der Waals surface area contributed by atoms with Crippen LogP contribution in [0.15, 0.2) is 72.9 Å². The van der Waals surface area contributed by atoms with Gasteiger partial charge < -0.3 is 0 Å². The number of nitrogens with zero attached hydrogens (tertiary/aromatic N) is 1. The third-order valence-electron chi connectivity index (χ3n) is 7.13. The number of allylic oxidation sites excluding steroid dienone is 3. The van der Waals surface area contributed by atoms with Gasteiger partial charge in [-0.3, -0.25) is 4.90 Å². The molecule has 1 heteroatoms. The van der Waals surface area contributed by atoms with Gasteiger partial charge in [-0.05, 0) is 83.4 Å². The van der Waals surface area contributed by atoms with Crippen LogP contribution in [0, 0.1) is 6.92 Å². The fourth-order valence-corrected chi connectivity index (χ4v) is 5.07. The number of hydrogen-bond acceptors (Lipinski definition) is 1. The van der Waals surface area contributed by atoms with Crippen LogP contribution in [0.5, 0.6) is 0 Å². The third-order valence-corrected chi connectivity index (χ3v) is 7.13. The van der Waals surface area contributed by atoms with Gasteiger partial charge >= 0.3 is 0 Å². The van der Waals surface area contributed by atoms with Crippen molar-refractivity contribution in [2.75, 3.05) is 6.54 Å². The fraction of sp³-hybridized carbons (Fsp3) is 0.455. The van der Waals surface area contributed by atoms with Crippen LogP contribution in [0.25, 0.3) is 0 Å². The van der Waals surface area contributed by atoms with Gasteiger partial charge in [0.05, 0.1) is 0 Å². The smallest absolute Gasteiger partial charge is 0.0322 e. The molecule has 2 aliphatic rings. The van der Waals surface area contributed by atoms with E-state index in [-0.39, 0.29) is 5.41 Å². The maximum atomic E-state index is 3.85. The number of benzene rings is 2. The highest BCUT2D eigenvalue weighted by Gasteiger charge is 2.24. The average molecular weight is 456 g/mol. The van der Waals surface area contributed by atoms with Crippen LogP contribution >= 0.6 is 0 Å². The van der Waals surface area contributed by atoms with Gasteiger partial charge in [-0.15, -0.1) is 6.58 Å². The van der Waals surface area contributed by atoms with Crippen LogP contribution in [0.4, 0.5) is 0 Å². The Morgan fingerprint density at radius 3 is 2.56 bits per heavy atom. The van der Waals surface area contributed by atoms with Crippen molar-refractivity contribution < 1.29 is 0 Å². The fourth-order valence-electron chi connectivity index (χ4n) is 5.07.